The second-order valence-corrected chi connectivity index (χ2v) is 10.2. The quantitative estimate of drug-likeness (QED) is 0.453. The van der Waals surface area contributed by atoms with Crippen molar-refractivity contribution in [3.05, 3.63) is 60.4 Å². The number of benzene rings is 2. The zero-order valence-corrected chi connectivity index (χ0v) is 19.3. The topological polar surface area (TPSA) is 37.7 Å². The van der Waals surface area contributed by atoms with Crippen LogP contribution in [0.25, 0.3) is 10.8 Å². The molecule has 1 saturated carbocycles. The molecule has 3 aliphatic rings. The third-order valence-electron chi connectivity index (χ3n) is 8.05. The first-order valence-electron chi connectivity index (χ1n) is 12.0. The van der Waals surface area contributed by atoms with E-state index in [1.54, 1.807) is 0 Å². The summed E-state index contributed by atoms with van der Waals surface area (Å²) in [6.07, 6.45) is 10.4. The molecule has 1 unspecified atom stereocenters. The van der Waals surface area contributed by atoms with Crippen molar-refractivity contribution >= 4 is 27.9 Å². The monoisotopic (exact) mass is 425 g/mol. The number of pyridine rings is 1. The second kappa shape index (κ2) is 7.06. The fourth-order valence-corrected chi connectivity index (χ4v) is 6.41. The number of nitrogens with zero attached hydrogens (tertiary/aromatic N) is 3. The summed E-state index contributed by atoms with van der Waals surface area (Å²) in [5.41, 5.74) is 3.70. The van der Waals surface area contributed by atoms with Gasteiger partial charge >= 0.3 is 0 Å². The van der Waals surface area contributed by atoms with E-state index in [-0.39, 0.29) is 5.41 Å². The number of aliphatic imine (C=N–C) groups is 1. The molecule has 1 aromatic heterocycles. The molecule has 6 rings (SSSR count). The smallest absolute Gasteiger partial charge is 0.231 e. The van der Waals surface area contributed by atoms with Gasteiger partial charge in [0, 0.05) is 30.0 Å². The molecule has 1 spiro atoms. The maximum Gasteiger partial charge on any atom is 0.231 e. The van der Waals surface area contributed by atoms with Gasteiger partial charge in [0.2, 0.25) is 5.72 Å². The number of hydrogen-bond donors (Lipinski definition) is 0. The van der Waals surface area contributed by atoms with Crippen LogP contribution in [0.15, 0.2) is 59.9 Å². The fraction of sp³-hybridized carbons (Fsp3) is 0.429. The lowest BCUT2D eigenvalue weighted by molar-refractivity contribution is 0.0678. The molecule has 0 saturated heterocycles. The summed E-state index contributed by atoms with van der Waals surface area (Å²) >= 11 is 0. The zero-order valence-electron chi connectivity index (χ0n) is 19.3. The third-order valence-corrected chi connectivity index (χ3v) is 8.05. The molecule has 0 radical (unpaired) electrons. The van der Waals surface area contributed by atoms with Crippen LogP contribution in [-0.4, -0.2) is 23.0 Å². The van der Waals surface area contributed by atoms with Gasteiger partial charge in [0.1, 0.15) is 11.4 Å². The highest BCUT2D eigenvalue weighted by Crippen LogP contribution is 2.56. The Bertz CT molecular complexity index is 1220. The van der Waals surface area contributed by atoms with Gasteiger partial charge in [-0.05, 0) is 68.7 Å². The van der Waals surface area contributed by atoms with Crippen molar-refractivity contribution in [3.8, 4) is 5.75 Å². The van der Waals surface area contributed by atoms with Crippen molar-refractivity contribution in [2.45, 2.75) is 64.0 Å². The molecule has 2 aromatic carbocycles. The number of para-hydroxylation sites is 1. The van der Waals surface area contributed by atoms with Gasteiger partial charge in [-0.3, -0.25) is 4.98 Å². The first-order chi connectivity index (χ1) is 15.5. The van der Waals surface area contributed by atoms with Crippen molar-refractivity contribution < 1.29 is 4.74 Å². The van der Waals surface area contributed by atoms with Crippen molar-refractivity contribution in [2.75, 3.05) is 11.4 Å². The Labute approximate surface area is 190 Å². The highest BCUT2D eigenvalue weighted by molar-refractivity contribution is 6.05. The normalized spacial score (nSPS) is 24.2. The van der Waals surface area contributed by atoms with Crippen molar-refractivity contribution in [1.29, 1.82) is 0 Å². The number of hydrogen-bond acceptors (Lipinski definition) is 4. The second-order valence-electron chi connectivity index (χ2n) is 10.2. The van der Waals surface area contributed by atoms with Gasteiger partial charge in [-0.15, -0.1) is 0 Å². The average molecular weight is 426 g/mol. The molecule has 4 heteroatoms. The minimum Gasteiger partial charge on any atom is -0.459 e. The van der Waals surface area contributed by atoms with Crippen molar-refractivity contribution in [1.82, 2.24) is 4.98 Å². The zero-order chi connectivity index (χ0) is 21.9. The summed E-state index contributed by atoms with van der Waals surface area (Å²) in [7, 11) is 0. The standard InChI is InChI=1S/C28H31N3O/c1-19-28(32-25-14-13-21-15-16-29-17-22(21)26(25)30-19)27(2,3)23-11-7-8-12-24(23)31(28)18-20-9-5-4-6-10-20/h7-8,11-17,20H,4-6,9-10,18H2,1-3H3. The molecule has 1 fully saturated rings. The minimum atomic E-state index is -0.628. The van der Waals surface area contributed by atoms with E-state index in [1.165, 1.54) is 43.4 Å². The summed E-state index contributed by atoms with van der Waals surface area (Å²) in [6, 6.07) is 15.1. The van der Waals surface area contributed by atoms with Crippen LogP contribution in [0.5, 0.6) is 5.75 Å². The molecule has 0 amide bonds. The molecule has 0 bridgehead atoms. The van der Waals surface area contributed by atoms with Crippen molar-refractivity contribution in [3.63, 3.8) is 0 Å². The van der Waals surface area contributed by atoms with Crippen LogP contribution < -0.4 is 9.64 Å². The molecule has 2 aliphatic heterocycles. The predicted octanol–water partition coefficient (Wildman–Crippen LogP) is 6.79. The van der Waals surface area contributed by atoms with E-state index >= 15 is 0 Å². The Morgan fingerprint density at radius 2 is 1.84 bits per heavy atom. The van der Waals surface area contributed by atoms with E-state index < -0.39 is 5.72 Å². The minimum absolute atomic E-state index is 0.243. The average Bonchev–Trinajstić information content (AvgIpc) is 3.00. The molecular formula is C28H31N3O. The summed E-state index contributed by atoms with van der Waals surface area (Å²) in [5.74, 6) is 1.55. The van der Waals surface area contributed by atoms with Crippen LogP contribution in [0, 0.1) is 5.92 Å². The van der Waals surface area contributed by atoms with Gasteiger partial charge in [0.15, 0.2) is 0 Å². The molecule has 0 N–H and O–H groups in total. The maximum absolute atomic E-state index is 7.12. The molecule has 1 atom stereocenters. The first-order valence-corrected chi connectivity index (χ1v) is 12.0. The number of anilines is 1. The van der Waals surface area contributed by atoms with Gasteiger partial charge in [0.25, 0.3) is 0 Å². The molecule has 3 aromatic rings. The Kier molecular flexibility index (Phi) is 4.36. The number of aromatic nitrogens is 1. The number of fused-ring (bicyclic) bond motifs is 4. The van der Waals surface area contributed by atoms with Gasteiger partial charge in [-0.1, -0.05) is 43.5 Å². The van der Waals surface area contributed by atoms with E-state index in [0.29, 0.717) is 5.92 Å². The highest BCUT2D eigenvalue weighted by Gasteiger charge is 2.62. The van der Waals surface area contributed by atoms with E-state index in [1.807, 2.05) is 18.5 Å². The number of ether oxygens (including phenoxy) is 1. The lowest BCUT2D eigenvalue weighted by atomic mass is 9.74. The summed E-state index contributed by atoms with van der Waals surface area (Å²) in [5, 5.41) is 2.19. The first kappa shape index (κ1) is 19.8. The van der Waals surface area contributed by atoms with E-state index in [0.717, 1.165) is 34.5 Å². The van der Waals surface area contributed by atoms with Crippen LogP contribution >= 0.6 is 0 Å². The van der Waals surface area contributed by atoms with E-state index in [4.69, 9.17) is 9.73 Å². The Balaban J connectivity index is 1.53. The van der Waals surface area contributed by atoms with Crippen LogP contribution in [0.3, 0.4) is 0 Å². The van der Waals surface area contributed by atoms with Crippen LogP contribution in [0.2, 0.25) is 0 Å². The largest absolute Gasteiger partial charge is 0.459 e. The molecule has 32 heavy (non-hydrogen) atoms. The summed E-state index contributed by atoms with van der Waals surface area (Å²) in [6.45, 7) is 7.80. The fourth-order valence-electron chi connectivity index (χ4n) is 6.41. The Hall–Kier alpha value is -2.88. The third kappa shape index (κ3) is 2.61. The van der Waals surface area contributed by atoms with Crippen LogP contribution in [0.1, 0.15) is 58.4 Å². The van der Waals surface area contributed by atoms with E-state index in [2.05, 4.69) is 67.1 Å². The van der Waals surface area contributed by atoms with Gasteiger partial charge in [-0.25, -0.2) is 4.99 Å². The lowest BCUT2D eigenvalue weighted by Crippen LogP contribution is -2.66. The summed E-state index contributed by atoms with van der Waals surface area (Å²) in [4.78, 5) is 12.1. The SMILES string of the molecule is CC1=Nc2c(ccc3ccncc23)OC12N(CC1CCCCC1)c1ccccc1C2(C)C. The molecule has 164 valence electrons. The number of rotatable bonds is 2. The lowest BCUT2D eigenvalue weighted by Gasteiger charge is -2.50. The molecule has 3 heterocycles. The summed E-state index contributed by atoms with van der Waals surface area (Å²) < 4.78 is 7.12. The Morgan fingerprint density at radius 1 is 1.03 bits per heavy atom. The van der Waals surface area contributed by atoms with Crippen molar-refractivity contribution in [2.24, 2.45) is 10.9 Å². The van der Waals surface area contributed by atoms with Gasteiger partial charge in [-0.2, -0.15) is 0 Å². The maximum atomic E-state index is 7.12. The van der Waals surface area contributed by atoms with Crippen LogP contribution in [-0.2, 0) is 5.41 Å². The highest BCUT2D eigenvalue weighted by atomic mass is 16.5. The Morgan fingerprint density at radius 3 is 2.69 bits per heavy atom. The van der Waals surface area contributed by atoms with Gasteiger partial charge in [0.05, 0.1) is 11.1 Å². The predicted molar refractivity (Wildman–Crippen MR) is 131 cm³/mol. The van der Waals surface area contributed by atoms with E-state index in [9.17, 15) is 0 Å². The van der Waals surface area contributed by atoms with Crippen LogP contribution in [0.4, 0.5) is 11.4 Å². The molecule has 1 aliphatic carbocycles. The molecular weight excluding hydrogens is 394 g/mol. The van der Waals surface area contributed by atoms with Gasteiger partial charge < -0.3 is 9.64 Å². The molecule has 4 nitrogen and oxygen atoms in total.